The lowest BCUT2D eigenvalue weighted by molar-refractivity contribution is -0.152. The van der Waals surface area contributed by atoms with Crippen LogP contribution in [-0.4, -0.2) is 50.2 Å². The molecule has 0 aromatic carbocycles. The molecule has 0 aliphatic carbocycles. The zero-order chi connectivity index (χ0) is 19.2. The van der Waals surface area contributed by atoms with Crippen LogP contribution in [0.1, 0.15) is 59.8 Å². The summed E-state index contributed by atoms with van der Waals surface area (Å²) < 4.78 is 13.9. The summed E-state index contributed by atoms with van der Waals surface area (Å²) in [6.45, 7) is 3.77. The molecule has 0 aromatic rings. The molecule has 0 atom stereocenters. The molecule has 0 rings (SSSR count). The van der Waals surface area contributed by atoms with Gasteiger partial charge >= 0.3 is 17.9 Å². The molecule has 0 aliphatic rings. The van der Waals surface area contributed by atoms with E-state index in [2.05, 4.69) is 30.0 Å². The first-order valence-electron chi connectivity index (χ1n) is 7.95. The van der Waals surface area contributed by atoms with Gasteiger partial charge in [-0.1, -0.05) is 27.7 Å². The van der Waals surface area contributed by atoms with Crippen LogP contribution in [0.15, 0.2) is 0 Å². The Labute approximate surface area is 164 Å². The molecule has 0 aliphatic heterocycles. The number of methoxy groups -OCH3 is 1. The van der Waals surface area contributed by atoms with Crippen molar-refractivity contribution in [3.63, 3.8) is 0 Å². The maximum absolute atomic E-state index is 11.1. The third kappa shape index (κ3) is 31.4. The predicted molar refractivity (Wildman–Crippen MR) is 108 cm³/mol. The van der Waals surface area contributed by atoms with Gasteiger partial charge in [-0.2, -0.15) is 25.3 Å². The number of hydrogen-bond donors (Lipinski definition) is 2. The molecule has 0 heterocycles. The predicted octanol–water partition coefficient (Wildman–Crippen LogP) is 3.72. The first kappa shape index (κ1) is 31.8. The number of ether oxygens (including phenoxy) is 3. The maximum atomic E-state index is 11.1. The lowest BCUT2D eigenvalue weighted by Gasteiger charge is -2.05. The van der Waals surface area contributed by atoms with E-state index in [0.29, 0.717) is 19.3 Å². The fourth-order valence-corrected chi connectivity index (χ4v) is 1.41. The van der Waals surface area contributed by atoms with Crippen molar-refractivity contribution in [1.29, 1.82) is 0 Å². The van der Waals surface area contributed by atoms with Crippen LogP contribution in [-0.2, 0) is 28.6 Å². The van der Waals surface area contributed by atoms with E-state index in [0.717, 1.165) is 25.0 Å². The number of carbonyl (C=O) groups excluding carboxylic acids is 3. The van der Waals surface area contributed by atoms with Crippen LogP contribution in [0.25, 0.3) is 0 Å². The van der Waals surface area contributed by atoms with Gasteiger partial charge < -0.3 is 14.2 Å². The Morgan fingerprint density at radius 2 is 1.28 bits per heavy atom. The SMILES string of the molecule is C.CCC(=O)OC.CCC(=O)OCCOC(=O)CCCCCS.CS. The third-order valence-electron chi connectivity index (χ3n) is 2.45. The van der Waals surface area contributed by atoms with Crippen LogP contribution in [0.5, 0.6) is 0 Å². The highest BCUT2D eigenvalue weighted by molar-refractivity contribution is 7.80. The van der Waals surface area contributed by atoms with Crippen molar-refractivity contribution >= 4 is 43.2 Å². The highest BCUT2D eigenvalue weighted by atomic mass is 32.1. The Morgan fingerprint density at radius 1 is 0.800 bits per heavy atom. The Kier molecular flexibility index (Phi) is 35.6. The highest BCUT2D eigenvalue weighted by Crippen LogP contribution is 2.02. The summed E-state index contributed by atoms with van der Waals surface area (Å²) in [5.41, 5.74) is 0. The van der Waals surface area contributed by atoms with Crippen molar-refractivity contribution in [3.05, 3.63) is 0 Å². The Bertz CT molecular complexity index is 306. The monoisotopic (exact) mass is 400 g/mol. The molecule has 0 saturated carbocycles. The van der Waals surface area contributed by atoms with E-state index in [-0.39, 0.29) is 38.5 Å². The average Bonchev–Trinajstić information content (AvgIpc) is 2.63. The van der Waals surface area contributed by atoms with E-state index in [9.17, 15) is 14.4 Å². The minimum absolute atomic E-state index is 0. The Hall–Kier alpha value is -0.890. The van der Waals surface area contributed by atoms with Gasteiger partial charge in [-0.15, -0.1) is 0 Å². The van der Waals surface area contributed by atoms with Crippen LogP contribution in [0.2, 0.25) is 0 Å². The summed E-state index contributed by atoms with van der Waals surface area (Å²) >= 11 is 7.61. The molecule has 0 saturated heterocycles. The molecule has 25 heavy (non-hydrogen) atoms. The smallest absolute Gasteiger partial charge is 0.305 e. The van der Waals surface area contributed by atoms with Crippen LogP contribution >= 0.6 is 25.3 Å². The summed E-state index contributed by atoms with van der Waals surface area (Å²) in [5.74, 6) is 0.189. The average molecular weight is 401 g/mol. The van der Waals surface area contributed by atoms with Crippen molar-refractivity contribution < 1.29 is 28.6 Å². The van der Waals surface area contributed by atoms with Crippen LogP contribution in [0.3, 0.4) is 0 Å². The maximum Gasteiger partial charge on any atom is 0.305 e. The second-order valence-electron chi connectivity index (χ2n) is 4.26. The molecule has 0 unspecified atom stereocenters. The topological polar surface area (TPSA) is 78.9 Å². The van der Waals surface area contributed by atoms with E-state index in [1.807, 2.05) is 0 Å². The summed E-state index contributed by atoms with van der Waals surface area (Å²) in [6, 6.07) is 0. The number of rotatable bonds is 10. The number of carbonyl (C=O) groups is 3. The molecular formula is C17H36O6S2. The van der Waals surface area contributed by atoms with E-state index < -0.39 is 0 Å². The molecule has 0 aromatic heterocycles. The van der Waals surface area contributed by atoms with E-state index in [1.54, 1.807) is 20.1 Å². The molecule has 0 fully saturated rings. The van der Waals surface area contributed by atoms with Gasteiger partial charge in [-0.05, 0) is 24.9 Å². The van der Waals surface area contributed by atoms with E-state index in [1.165, 1.54) is 7.11 Å². The molecule has 0 N–H and O–H groups in total. The van der Waals surface area contributed by atoms with Gasteiger partial charge in [-0.3, -0.25) is 14.4 Å². The summed E-state index contributed by atoms with van der Waals surface area (Å²) in [6.07, 6.45) is 5.77. The number of esters is 3. The summed E-state index contributed by atoms with van der Waals surface area (Å²) in [7, 11) is 1.38. The van der Waals surface area contributed by atoms with E-state index >= 15 is 0 Å². The molecule has 6 nitrogen and oxygen atoms in total. The van der Waals surface area contributed by atoms with Crippen molar-refractivity contribution in [1.82, 2.24) is 0 Å². The van der Waals surface area contributed by atoms with Crippen molar-refractivity contribution in [2.24, 2.45) is 0 Å². The van der Waals surface area contributed by atoms with Crippen LogP contribution in [0, 0.1) is 0 Å². The van der Waals surface area contributed by atoms with Crippen LogP contribution in [0.4, 0.5) is 0 Å². The second-order valence-corrected chi connectivity index (χ2v) is 4.71. The minimum atomic E-state index is -0.273. The van der Waals surface area contributed by atoms with Gasteiger partial charge in [0.15, 0.2) is 0 Å². The summed E-state index contributed by atoms with van der Waals surface area (Å²) in [5, 5.41) is 0. The Morgan fingerprint density at radius 3 is 1.64 bits per heavy atom. The Balaban J connectivity index is -0.000000207. The fraction of sp³-hybridized carbons (Fsp3) is 0.824. The van der Waals surface area contributed by atoms with Gasteiger partial charge in [0.1, 0.15) is 13.2 Å². The molecule has 0 radical (unpaired) electrons. The quantitative estimate of drug-likeness (QED) is 0.252. The molecule has 152 valence electrons. The summed E-state index contributed by atoms with van der Waals surface area (Å²) in [4.78, 5) is 31.8. The first-order valence-corrected chi connectivity index (χ1v) is 9.48. The molecular weight excluding hydrogens is 364 g/mol. The second kappa shape index (κ2) is 27.9. The fourth-order valence-electron chi connectivity index (χ4n) is 1.19. The largest absolute Gasteiger partial charge is 0.469 e. The number of hydrogen-bond acceptors (Lipinski definition) is 8. The first-order chi connectivity index (χ1) is 11.5. The zero-order valence-corrected chi connectivity index (χ0v) is 17.0. The van der Waals surface area contributed by atoms with Crippen molar-refractivity contribution in [3.8, 4) is 0 Å². The number of unbranched alkanes of at least 4 members (excludes halogenated alkanes) is 2. The van der Waals surface area contributed by atoms with Crippen LogP contribution < -0.4 is 0 Å². The molecule has 0 amide bonds. The standard InChI is InChI=1S/C11H20O4S.C4H8O2.CH4S.CH4/c1-2-10(12)14-7-8-15-11(13)6-4-3-5-9-16;1-3-4(5)6-2;1-2;/h16H,2-9H2,1H3;3H2,1-2H3;2H,1H3;1H4. The normalized spacial score (nSPS) is 8.40. The lowest BCUT2D eigenvalue weighted by atomic mass is 10.2. The van der Waals surface area contributed by atoms with E-state index in [4.69, 9.17) is 9.47 Å². The molecule has 8 heteroatoms. The van der Waals surface area contributed by atoms with Gasteiger partial charge in [-0.25, -0.2) is 0 Å². The molecule has 0 spiro atoms. The lowest BCUT2D eigenvalue weighted by Crippen LogP contribution is -2.13. The van der Waals surface area contributed by atoms with Gasteiger partial charge in [0.2, 0.25) is 0 Å². The van der Waals surface area contributed by atoms with Gasteiger partial charge in [0.05, 0.1) is 7.11 Å². The zero-order valence-electron chi connectivity index (χ0n) is 15.2. The van der Waals surface area contributed by atoms with Gasteiger partial charge in [0.25, 0.3) is 0 Å². The number of thiol groups is 2. The van der Waals surface area contributed by atoms with Gasteiger partial charge in [0, 0.05) is 19.3 Å². The van der Waals surface area contributed by atoms with Crippen molar-refractivity contribution in [2.75, 3.05) is 32.3 Å². The third-order valence-corrected chi connectivity index (χ3v) is 2.77. The highest BCUT2D eigenvalue weighted by Gasteiger charge is 2.03. The molecule has 0 bridgehead atoms. The minimum Gasteiger partial charge on any atom is -0.469 e. The van der Waals surface area contributed by atoms with Crippen molar-refractivity contribution in [2.45, 2.75) is 59.8 Å².